The van der Waals surface area contributed by atoms with Crippen molar-refractivity contribution >= 4 is 0 Å². The van der Waals surface area contributed by atoms with Crippen LogP contribution < -0.4 is 4.74 Å². The van der Waals surface area contributed by atoms with Crippen LogP contribution in [0.25, 0.3) is 0 Å². The van der Waals surface area contributed by atoms with E-state index in [1.54, 1.807) is 0 Å². The summed E-state index contributed by atoms with van der Waals surface area (Å²) in [6, 6.07) is 56.6. The maximum atomic E-state index is 7.24. The van der Waals surface area contributed by atoms with Gasteiger partial charge in [0.1, 0.15) is 42.4 Å². The molecule has 2 aliphatic rings. The highest BCUT2D eigenvalue weighted by molar-refractivity contribution is 5.47. The fourth-order valence-corrected chi connectivity index (χ4v) is 8.14. The molecule has 58 heavy (non-hydrogen) atoms. The fourth-order valence-electron chi connectivity index (χ4n) is 8.14. The van der Waals surface area contributed by atoms with Crippen LogP contribution in [0.2, 0.25) is 0 Å². The van der Waals surface area contributed by atoms with Crippen molar-refractivity contribution in [3.8, 4) is 5.75 Å². The van der Waals surface area contributed by atoms with Crippen LogP contribution in [0, 0.1) is 0 Å². The molecule has 0 spiro atoms. The molecule has 298 valence electrons. The van der Waals surface area contributed by atoms with Crippen LogP contribution in [0.5, 0.6) is 5.75 Å². The van der Waals surface area contributed by atoms with Crippen LogP contribution in [-0.2, 0) is 69.4 Å². The van der Waals surface area contributed by atoms with Crippen molar-refractivity contribution in [2.45, 2.75) is 95.7 Å². The Morgan fingerprint density at radius 1 is 0.500 bits per heavy atom. The van der Waals surface area contributed by atoms with Gasteiger partial charge in [-0.15, -0.1) is 0 Å². The van der Waals surface area contributed by atoms with Gasteiger partial charge in [-0.1, -0.05) is 177 Å². The second-order valence-electron chi connectivity index (χ2n) is 15.4. The van der Waals surface area contributed by atoms with Gasteiger partial charge in [-0.05, 0) is 50.9 Å². The molecule has 0 amide bonds. The molecule has 6 aromatic rings. The maximum Gasteiger partial charge on any atom is 0.132 e. The molecule has 0 aromatic heterocycles. The van der Waals surface area contributed by atoms with Gasteiger partial charge in [0.2, 0.25) is 0 Å². The van der Waals surface area contributed by atoms with Crippen LogP contribution in [0.15, 0.2) is 164 Å². The number of aryl methyl sites for hydroxylation is 1. The van der Waals surface area contributed by atoms with Crippen LogP contribution >= 0.6 is 0 Å². The highest BCUT2D eigenvalue weighted by Gasteiger charge is 2.52. The molecule has 6 nitrogen and oxygen atoms in total. The molecule has 8 rings (SSSR count). The Labute approximate surface area is 343 Å². The summed E-state index contributed by atoms with van der Waals surface area (Å²) < 4.78 is 41.7. The second-order valence-corrected chi connectivity index (χ2v) is 15.4. The summed E-state index contributed by atoms with van der Waals surface area (Å²) in [5.74, 6) is 0.941. The van der Waals surface area contributed by atoms with Crippen molar-refractivity contribution in [2.24, 2.45) is 0 Å². The molecule has 1 saturated heterocycles. The highest BCUT2D eigenvalue weighted by Crippen LogP contribution is 2.40. The molecular formula is C52H54O6. The van der Waals surface area contributed by atoms with Crippen molar-refractivity contribution in [1.29, 1.82) is 0 Å². The molecular weight excluding hydrogens is 721 g/mol. The van der Waals surface area contributed by atoms with Crippen molar-refractivity contribution in [3.05, 3.63) is 208 Å². The second kappa shape index (κ2) is 20.1. The lowest BCUT2D eigenvalue weighted by atomic mass is 9.89. The van der Waals surface area contributed by atoms with Gasteiger partial charge in [-0.2, -0.15) is 0 Å². The Hall–Kier alpha value is -5.08. The van der Waals surface area contributed by atoms with Crippen molar-refractivity contribution in [2.75, 3.05) is 6.61 Å². The number of hydrogen-bond donors (Lipinski definition) is 0. The minimum absolute atomic E-state index is 0.306. The van der Waals surface area contributed by atoms with E-state index >= 15 is 0 Å². The van der Waals surface area contributed by atoms with Gasteiger partial charge < -0.3 is 28.4 Å². The lowest BCUT2D eigenvalue weighted by Crippen LogP contribution is -2.64. The van der Waals surface area contributed by atoms with E-state index in [1.807, 2.05) is 72.8 Å². The number of rotatable bonds is 18. The van der Waals surface area contributed by atoms with Gasteiger partial charge in [0, 0.05) is 12.8 Å². The summed E-state index contributed by atoms with van der Waals surface area (Å²) in [6.45, 7) is 4.14. The summed E-state index contributed by atoms with van der Waals surface area (Å²) in [5.41, 5.74) is 9.29. The van der Waals surface area contributed by atoms with Gasteiger partial charge in [0.25, 0.3) is 0 Å². The third-order valence-electron chi connectivity index (χ3n) is 11.1. The van der Waals surface area contributed by atoms with Gasteiger partial charge in [-0.3, -0.25) is 0 Å². The van der Waals surface area contributed by atoms with Gasteiger partial charge >= 0.3 is 0 Å². The molecule has 0 bridgehead atoms. The molecule has 6 aromatic carbocycles. The van der Waals surface area contributed by atoms with Crippen molar-refractivity contribution in [1.82, 2.24) is 0 Å². The Bertz CT molecular complexity index is 2110. The standard InChI is InChI=1S/C52H54O6/c1-2-16-38-27-29-39(30-28-38)31-44-25-15-26-45-32-46(57-48(44)45)50-52(56-36-43-23-13-6-14-24-43)51(55-35-42-21-11-5-12-22-42)49(54-34-41-19-9-4-10-20-41)47(58-50)37-53-33-40-17-7-3-8-18-40/h3-15,17-30,46-47,49-52H,2,16,31-37H2,1H3/t46?,47-,49-,50+,51-,52-/m1/s1. The number of ether oxygens (including phenoxy) is 6. The molecule has 0 N–H and O–H groups in total. The van der Waals surface area contributed by atoms with E-state index in [0.717, 1.165) is 47.3 Å². The average molecular weight is 775 g/mol. The minimum atomic E-state index is -0.524. The maximum absolute atomic E-state index is 7.24. The predicted octanol–water partition coefficient (Wildman–Crippen LogP) is 10.3. The van der Waals surface area contributed by atoms with E-state index in [9.17, 15) is 0 Å². The van der Waals surface area contributed by atoms with E-state index in [4.69, 9.17) is 28.4 Å². The summed E-state index contributed by atoms with van der Waals surface area (Å²) in [7, 11) is 0. The zero-order valence-electron chi connectivity index (χ0n) is 33.4. The zero-order chi connectivity index (χ0) is 39.4. The van der Waals surface area contributed by atoms with E-state index in [-0.39, 0.29) is 6.10 Å². The first-order chi connectivity index (χ1) is 28.7. The molecule has 6 atom stereocenters. The van der Waals surface area contributed by atoms with Crippen LogP contribution in [0.1, 0.15) is 57.9 Å². The first-order valence-electron chi connectivity index (χ1n) is 20.8. The molecule has 2 aliphatic heterocycles. The van der Waals surface area contributed by atoms with Crippen molar-refractivity contribution in [3.63, 3.8) is 0 Å². The number of para-hydroxylation sites is 1. The van der Waals surface area contributed by atoms with Crippen LogP contribution in [-0.4, -0.2) is 43.2 Å². The normalized spacial score (nSPS) is 21.3. The third kappa shape index (κ3) is 10.3. The molecule has 0 aliphatic carbocycles. The fraction of sp³-hybridized carbons (Fsp3) is 0.308. The van der Waals surface area contributed by atoms with E-state index in [1.165, 1.54) is 22.3 Å². The average Bonchev–Trinajstić information content (AvgIpc) is 3.72. The Morgan fingerprint density at radius 2 is 1.02 bits per heavy atom. The quantitative estimate of drug-likeness (QED) is 0.0867. The predicted molar refractivity (Wildman–Crippen MR) is 228 cm³/mol. The molecule has 2 heterocycles. The molecule has 6 heteroatoms. The topological polar surface area (TPSA) is 55.4 Å². The van der Waals surface area contributed by atoms with Crippen molar-refractivity contribution < 1.29 is 28.4 Å². The molecule has 1 fully saturated rings. The van der Waals surface area contributed by atoms with Gasteiger partial charge in [0.05, 0.1) is 33.0 Å². The Morgan fingerprint density at radius 3 is 1.59 bits per heavy atom. The van der Waals surface area contributed by atoms with E-state index in [2.05, 4.69) is 97.9 Å². The summed E-state index contributed by atoms with van der Waals surface area (Å²) in [5, 5.41) is 0. The summed E-state index contributed by atoms with van der Waals surface area (Å²) in [4.78, 5) is 0. The zero-order valence-corrected chi connectivity index (χ0v) is 33.4. The first-order valence-corrected chi connectivity index (χ1v) is 20.8. The van der Waals surface area contributed by atoms with Gasteiger partial charge in [0.15, 0.2) is 0 Å². The largest absolute Gasteiger partial charge is 0.487 e. The van der Waals surface area contributed by atoms with Crippen LogP contribution in [0.4, 0.5) is 0 Å². The summed E-state index contributed by atoms with van der Waals surface area (Å²) in [6.07, 6.45) is 0.885. The SMILES string of the molecule is CCCc1ccc(Cc2cccc3c2OC([C@@H]2O[C@H](COCc4ccccc4)[C@@H](OCc4ccccc4)[C@@H](OCc4ccccc4)[C@@H]2OCc2ccccc2)C3)cc1. The van der Waals surface area contributed by atoms with E-state index in [0.29, 0.717) is 39.5 Å². The van der Waals surface area contributed by atoms with Gasteiger partial charge in [-0.25, -0.2) is 0 Å². The number of hydrogen-bond acceptors (Lipinski definition) is 6. The molecule has 1 unspecified atom stereocenters. The monoisotopic (exact) mass is 774 g/mol. The molecule has 0 radical (unpaired) electrons. The van der Waals surface area contributed by atoms with E-state index < -0.39 is 30.5 Å². The highest BCUT2D eigenvalue weighted by atomic mass is 16.6. The van der Waals surface area contributed by atoms with Crippen LogP contribution in [0.3, 0.4) is 0 Å². The Balaban J connectivity index is 1.12. The third-order valence-corrected chi connectivity index (χ3v) is 11.1. The number of benzene rings is 6. The smallest absolute Gasteiger partial charge is 0.132 e. The lowest BCUT2D eigenvalue weighted by molar-refractivity contribution is -0.283. The lowest BCUT2D eigenvalue weighted by Gasteiger charge is -2.47. The minimum Gasteiger partial charge on any atom is -0.487 e. The Kier molecular flexibility index (Phi) is 13.7. The number of fused-ring (bicyclic) bond motifs is 1. The first kappa shape index (κ1) is 39.7. The summed E-state index contributed by atoms with van der Waals surface area (Å²) >= 11 is 0. The molecule has 0 saturated carbocycles.